The summed E-state index contributed by atoms with van der Waals surface area (Å²) in [5.41, 5.74) is 13.0. The van der Waals surface area contributed by atoms with E-state index in [1.807, 2.05) is 25.1 Å². The number of likely N-dealkylation sites (tertiary alicyclic amines) is 1. The van der Waals surface area contributed by atoms with E-state index < -0.39 is 11.9 Å². The Kier molecular flexibility index (Phi) is 7.16. The van der Waals surface area contributed by atoms with E-state index in [0.29, 0.717) is 31.6 Å². The summed E-state index contributed by atoms with van der Waals surface area (Å²) in [6, 6.07) is 9.70. The molecule has 2 atom stereocenters. The molecular formula is C27H34N6O2. The summed E-state index contributed by atoms with van der Waals surface area (Å²) in [6.07, 6.45) is 3.69. The van der Waals surface area contributed by atoms with Crippen LogP contribution in [0, 0.1) is 13.8 Å². The topological polar surface area (TPSA) is 118 Å². The number of amides is 2. The van der Waals surface area contributed by atoms with E-state index in [-0.39, 0.29) is 12.3 Å². The molecule has 3 aromatic rings. The molecule has 8 nitrogen and oxygen atoms in total. The van der Waals surface area contributed by atoms with Gasteiger partial charge in [0.25, 0.3) is 0 Å². The molecule has 2 amide bonds. The molecule has 1 fully saturated rings. The minimum Gasteiger partial charge on any atom is -0.368 e. The van der Waals surface area contributed by atoms with Gasteiger partial charge in [-0.1, -0.05) is 43.7 Å². The molecule has 35 heavy (non-hydrogen) atoms. The predicted octanol–water partition coefficient (Wildman–Crippen LogP) is 3.90. The van der Waals surface area contributed by atoms with Crippen molar-refractivity contribution in [1.82, 2.24) is 25.5 Å². The lowest BCUT2D eigenvalue weighted by Gasteiger charge is -2.24. The lowest BCUT2D eigenvalue weighted by atomic mass is 9.84. The lowest BCUT2D eigenvalue weighted by molar-refractivity contribution is -0.137. The Hall–Kier alpha value is -3.55. The van der Waals surface area contributed by atoms with Gasteiger partial charge in [-0.05, 0) is 84.5 Å². The van der Waals surface area contributed by atoms with E-state index in [2.05, 4.69) is 46.6 Å². The molecule has 0 spiro atoms. The second kappa shape index (κ2) is 10.8. The monoisotopic (exact) mass is 476 g/mol. The molecular weight excluding hydrogens is 440 g/mol. The first-order valence-corrected chi connectivity index (χ1v) is 12.2. The number of carbonyl (C=O) groups is 2. The third-order valence-corrected chi connectivity index (χ3v) is 6.99. The van der Waals surface area contributed by atoms with Crippen molar-refractivity contribution in [1.29, 1.82) is 0 Å². The van der Waals surface area contributed by atoms with Crippen molar-refractivity contribution in [3.05, 3.63) is 52.6 Å². The molecule has 0 radical (unpaired) electrons. The van der Waals surface area contributed by atoms with Gasteiger partial charge in [0.1, 0.15) is 6.04 Å². The molecule has 184 valence electrons. The largest absolute Gasteiger partial charge is 0.368 e. The Bertz CT molecular complexity index is 1240. The number of nitrogens with zero attached hydrogens (tertiary/aromatic N) is 4. The molecule has 1 aliphatic rings. The zero-order valence-corrected chi connectivity index (χ0v) is 20.7. The summed E-state index contributed by atoms with van der Waals surface area (Å²) in [5.74, 6) is 0.0612. The van der Waals surface area contributed by atoms with Crippen molar-refractivity contribution in [2.75, 3.05) is 6.54 Å². The maximum absolute atomic E-state index is 13.0. The summed E-state index contributed by atoms with van der Waals surface area (Å²) in [5, 5.41) is 14.7. The second-order valence-electron chi connectivity index (χ2n) is 9.21. The average molecular weight is 477 g/mol. The first kappa shape index (κ1) is 23.2. The van der Waals surface area contributed by atoms with Crippen molar-refractivity contribution < 1.29 is 11.0 Å². The van der Waals surface area contributed by atoms with Crippen LogP contribution in [0.2, 0.25) is 0 Å². The SMILES string of the molecule is [3H]C(C)CCc1cc(C)c(CCC(=O)N2CCC[C@H]2C(N)=O)c(C)c1-c1ccccc1-c1nn[nH]n1. The number of aromatic nitrogens is 4. The smallest absolute Gasteiger partial charge is 0.240 e. The number of nitrogens with one attached hydrogen (secondary N) is 1. The number of carbonyl (C=O) groups excluding carboxylic acids is 2. The van der Waals surface area contributed by atoms with Crippen LogP contribution in [0.4, 0.5) is 0 Å². The fourth-order valence-corrected chi connectivity index (χ4v) is 5.27. The van der Waals surface area contributed by atoms with Crippen molar-refractivity contribution in [3.8, 4) is 22.5 Å². The molecule has 4 rings (SSSR count). The van der Waals surface area contributed by atoms with Gasteiger partial charge in [-0.2, -0.15) is 5.21 Å². The van der Waals surface area contributed by atoms with E-state index >= 15 is 0 Å². The van der Waals surface area contributed by atoms with Crippen LogP contribution < -0.4 is 5.73 Å². The Morgan fingerprint density at radius 1 is 1.23 bits per heavy atom. The molecule has 3 N–H and O–H groups in total. The highest BCUT2D eigenvalue weighted by molar-refractivity contribution is 5.88. The zero-order valence-electron chi connectivity index (χ0n) is 21.7. The van der Waals surface area contributed by atoms with Gasteiger partial charge < -0.3 is 10.6 Å². The van der Waals surface area contributed by atoms with E-state index in [1.165, 1.54) is 5.56 Å². The average Bonchev–Trinajstić information content (AvgIpc) is 3.55. The van der Waals surface area contributed by atoms with Crippen LogP contribution in [0.15, 0.2) is 30.3 Å². The number of nitrogens with two attached hydrogens (primary N) is 1. The van der Waals surface area contributed by atoms with Crippen LogP contribution >= 0.6 is 0 Å². The lowest BCUT2D eigenvalue weighted by Crippen LogP contribution is -2.43. The number of H-pyrrole nitrogens is 1. The molecule has 0 saturated carbocycles. The van der Waals surface area contributed by atoms with E-state index in [4.69, 9.17) is 7.10 Å². The number of tetrazole rings is 1. The molecule has 1 unspecified atom stereocenters. The Balaban J connectivity index is 1.72. The zero-order chi connectivity index (χ0) is 25.8. The summed E-state index contributed by atoms with van der Waals surface area (Å²) in [7, 11) is 0. The predicted molar refractivity (Wildman–Crippen MR) is 135 cm³/mol. The number of hydrogen-bond acceptors (Lipinski definition) is 5. The van der Waals surface area contributed by atoms with Gasteiger partial charge in [-0.3, -0.25) is 9.59 Å². The number of primary amides is 1. The highest BCUT2D eigenvalue weighted by Gasteiger charge is 2.32. The molecule has 1 aromatic heterocycles. The van der Waals surface area contributed by atoms with Crippen LogP contribution in [0.5, 0.6) is 0 Å². The number of benzene rings is 2. The molecule has 8 heteroatoms. The van der Waals surface area contributed by atoms with E-state index in [1.54, 1.807) is 4.90 Å². The van der Waals surface area contributed by atoms with Crippen molar-refractivity contribution in [2.45, 2.75) is 71.7 Å². The number of rotatable bonds is 9. The van der Waals surface area contributed by atoms with Crippen LogP contribution in [0.1, 0.15) is 62.6 Å². The highest BCUT2D eigenvalue weighted by Crippen LogP contribution is 2.38. The summed E-state index contributed by atoms with van der Waals surface area (Å²) >= 11 is 0. The van der Waals surface area contributed by atoms with E-state index in [0.717, 1.165) is 52.6 Å². The summed E-state index contributed by atoms with van der Waals surface area (Å²) < 4.78 is 8.04. The maximum atomic E-state index is 13.0. The molecule has 2 heterocycles. The Morgan fingerprint density at radius 3 is 2.69 bits per heavy atom. The minimum absolute atomic E-state index is 0.0315. The highest BCUT2D eigenvalue weighted by atomic mass is 16.2. The molecule has 0 aliphatic carbocycles. The van der Waals surface area contributed by atoms with Crippen molar-refractivity contribution >= 4 is 11.8 Å². The molecule has 2 aromatic carbocycles. The Morgan fingerprint density at radius 2 is 2.00 bits per heavy atom. The fraction of sp³-hybridized carbons (Fsp3) is 0.444. The first-order valence-electron chi connectivity index (χ1n) is 12.8. The van der Waals surface area contributed by atoms with Gasteiger partial charge >= 0.3 is 0 Å². The first-order chi connectivity index (χ1) is 17.3. The molecule has 1 aliphatic heterocycles. The van der Waals surface area contributed by atoms with Crippen LogP contribution in [0.3, 0.4) is 0 Å². The normalized spacial score (nSPS) is 16.8. The van der Waals surface area contributed by atoms with Crippen LogP contribution in [0.25, 0.3) is 22.5 Å². The second-order valence-corrected chi connectivity index (χ2v) is 9.21. The van der Waals surface area contributed by atoms with Gasteiger partial charge in [0.05, 0.1) is 0 Å². The van der Waals surface area contributed by atoms with Gasteiger partial charge in [-0.15, -0.1) is 10.2 Å². The van der Waals surface area contributed by atoms with Crippen molar-refractivity contribution in [3.63, 3.8) is 0 Å². The summed E-state index contributed by atoms with van der Waals surface area (Å²) in [4.78, 5) is 26.5. The third-order valence-electron chi connectivity index (χ3n) is 6.99. The van der Waals surface area contributed by atoms with Gasteiger partial charge in [-0.25, -0.2) is 0 Å². The molecule has 1 saturated heterocycles. The van der Waals surface area contributed by atoms with Gasteiger partial charge in [0.15, 0.2) is 0 Å². The van der Waals surface area contributed by atoms with Gasteiger partial charge in [0, 0.05) is 19.9 Å². The standard InChI is InChI=1S/C27H34N6O2/c1-4-5-9-19-16-17(2)20(13-14-24(34)33-15-8-12-23(33)26(28)35)18(3)25(19)21-10-6-7-11-22(21)27-29-31-32-30-27/h6-7,10-11,16,23H,4-5,8-9,12-15H2,1-3H3,(H2,28,35)(H,29,30,31,32)/t23-/m0/s1/i4T/t4?,23-. The van der Waals surface area contributed by atoms with E-state index in [9.17, 15) is 9.59 Å². The number of hydrogen-bond donors (Lipinski definition) is 2. The fourth-order valence-electron chi connectivity index (χ4n) is 5.27. The minimum atomic E-state index is -0.494. The number of aryl methyl sites for hydroxylation is 2. The van der Waals surface area contributed by atoms with Gasteiger partial charge in [0.2, 0.25) is 17.6 Å². The quantitative estimate of drug-likeness (QED) is 0.486. The van der Waals surface area contributed by atoms with Crippen LogP contribution in [-0.2, 0) is 22.4 Å². The van der Waals surface area contributed by atoms with Crippen LogP contribution in [-0.4, -0.2) is 49.9 Å². The third kappa shape index (κ3) is 5.11. The summed E-state index contributed by atoms with van der Waals surface area (Å²) in [6.45, 7) is 6.67. The Labute approximate surface area is 207 Å². The number of aromatic amines is 1. The molecule has 0 bridgehead atoms. The van der Waals surface area contributed by atoms with Crippen molar-refractivity contribution in [2.24, 2.45) is 5.73 Å². The maximum Gasteiger partial charge on any atom is 0.240 e.